The van der Waals surface area contributed by atoms with E-state index in [4.69, 9.17) is 5.73 Å². The number of nitrogen functional groups attached to an aromatic ring is 1. The molecule has 2 nitrogen and oxygen atoms in total. The van der Waals surface area contributed by atoms with Crippen molar-refractivity contribution in [2.75, 3.05) is 5.73 Å². The summed E-state index contributed by atoms with van der Waals surface area (Å²) >= 11 is 0. The van der Waals surface area contributed by atoms with Crippen LogP contribution in [0.15, 0.2) is 12.1 Å². The second-order valence-corrected chi connectivity index (χ2v) is 2.43. The molecule has 1 heterocycles. The van der Waals surface area contributed by atoms with Crippen molar-refractivity contribution < 1.29 is 4.98 Å². The SMILES string of the molecule is CCc1ccc(C)[nH+]c1N. The lowest BCUT2D eigenvalue weighted by molar-refractivity contribution is -0.370. The van der Waals surface area contributed by atoms with Gasteiger partial charge in [-0.25, -0.2) is 4.98 Å². The summed E-state index contributed by atoms with van der Waals surface area (Å²) in [6, 6.07) is 4.09. The molecule has 0 atom stereocenters. The molecule has 2 heteroatoms. The van der Waals surface area contributed by atoms with Gasteiger partial charge < -0.3 is 0 Å². The van der Waals surface area contributed by atoms with E-state index < -0.39 is 0 Å². The smallest absolute Gasteiger partial charge is 0.273 e. The van der Waals surface area contributed by atoms with Crippen LogP contribution in [0.2, 0.25) is 0 Å². The van der Waals surface area contributed by atoms with Crippen LogP contribution >= 0.6 is 0 Å². The summed E-state index contributed by atoms with van der Waals surface area (Å²) in [7, 11) is 0. The van der Waals surface area contributed by atoms with Crippen LogP contribution in [-0.2, 0) is 6.42 Å². The van der Waals surface area contributed by atoms with Crippen molar-refractivity contribution in [2.24, 2.45) is 0 Å². The Morgan fingerprint density at radius 1 is 1.50 bits per heavy atom. The molecule has 0 aliphatic heterocycles. The van der Waals surface area contributed by atoms with Crippen LogP contribution in [0, 0.1) is 6.92 Å². The van der Waals surface area contributed by atoms with E-state index in [0.29, 0.717) is 0 Å². The van der Waals surface area contributed by atoms with E-state index in [-0.39, 0.29) is 0 Å². The number of H-pyrrole nitrogens is 1. The molecule has 0 fully saturated rings. The van der Waals surface area contributed by atoms with Crippen LogP contribution in [0.4, 0.5) is 5.82 Å². The van der Waals surface area contributed by atoms with Crippen molar-refractivity contribution in [3.05, 3.63) is 23.4 Å². The van der Waals surface area contributed by atoms with E-state index in [1.165, 1.54) is 5.56 Å². The van der Waals surface area contributed by atoms with Crippen LogP contribution in [0.3, 0.4) is 0 Å². The lowest BCUT2D eigenvalue weighted by atomic mass is 10.2. The zero-order valence-corrected chi connectivity index (χ0v) is 6.44. The van der Waals surface area contributed by atoms with Gasteiger partial charge in [-0.3, -0.25) is 5.73 Å². The molecule has 0 spiro atoms. The Morgan fingerprint density at radius 3 is 2.70 bits per heavy atom. The molecule has 3 N–H and O–H groups in total. The first-order chi connectivity index (χ1) is 4.74. The maximum absolute atomic E-state index is 5.68. The van der Waals surface area contributed by atoms with Gasteiger partial charge in [0.2, 0.25) is 0 Å². The molecule has 10 heavy (non-hydrogen) atoms. The van der Waals surface area contributed by atoms with E-state index in [0.717, 1.165) is 17.9 Å². The Bertz CT molecular complexity index is 231. The molecule has 1 aromatic rings. The van der Waals surface area contributed by atoms with E-state index in [1.54, 1.807) is 0 Å². The third kappa shape index (κ3) is 1.26. The molecule has 0 bridgehead atoms. The van der Waals surface area contributed by atoms with Crippen molar-refractivity contribution >= 4 is 5.82 Å². The molecular formula is C8H13N2+. The highest BCUT2D eigenvalue weighted by molar-refractivity contribution is 5.33. The molecule has 0 unspecified atom stereocenters. The molecule has 0 aromatic carbocycles. The standard InChI is InChI=1S/C8H12N2/c1-3-7-5-4-6(2)10-8(7)9/h4-5H,3H2,1-2H3,(H2,9,10)/p+1. The summed E-state index contributed by atoms with van der Waals surface area (Å²) < 4.78 is 0. The van der Waals surface area contributed by atoms with Crippen molar-refractivity contribution in [2.45, 2.75) is 20.3 Å². The normalized spacial score (nSPS) is 9.80. The van der Waals surface area contributed by atoms with Crippen molar-refractivity contribution in [1.82, 2.24) is 0 Å². The predicted molar refractivity (Wildman–Crippen MR) is 41.5 cm³/mol. The highest BCUT2D eigenvalue weighted by Crippen LogP contribution is 2.04. The fourth-order valence-electron chi connectivity index (χ4n) is 0.958. The number of anilines is 1. The average Bonchev–Trinajstić information content (AvgIpc) is 1.88. The highest BCUT2D eigenvalue weighted by atomic mass is 14.8. The van der Waals surface area contributed by atoms with Gasteiger partial charge in [0, 0.05) is 5.56 Å². The second-order valence-electron chi connectivity index (χ2n) is 2.43. The molecular weight excluding hydrogens is 124 g/mol. The molecule has 1 rings (SSSR count). The Hall–Kier alpha value is -1.05. The van der Waals surface area contributed by atoms with Crippen molar-refractivity contribution in [1.29, 1.82) is 0 Å². The predicted octanol–water partition coefficient (Wildman–Crippen LogP) is 0.954. The van der Waals surface area contributed by atoms with E-state index in [2.05, 4.69) is 18.0 Å². The van der Waals surface area contributed by atoms with Crippen LogP contribution in [0.5, 0.6) is 0 Å². The van der Waals surface area contributed by atoms with Gasteiger partial charge in [0.1, 0.15) is 0 Å². The topological polar surface area (TPSA) is 40.2 Å². The highest BCUT2D eigenvalue weighted by Gasteiger charge is 2.01. The Balaban J connectivity index is 3.07. The molecule has 54 valence electrons. The number of pyridine rings is 1. The molecule has 0 aliphatic carbocycles. The summed E-state index contributed by atoms with van der Waals surface area (Å²) in [6.07, 6.45) is 0.989. The van der Waals surface area contributed by atoms with Gasteiger partial charge >= 0.3 is 0 Å². The number of aromatic nitrogens is 1. The Morgan fingerprint density at radius 2 is 2.20 bits per heavy atom. The number of aryl methyl sites for hydroxylation is 2. The van der Waals surface area contributed by atoms with E-state index in [1.807, 2.05) is 13.0 Å². The third-order valence-electron chi connectivity index (χ3n) is 1.59. The zero-order valence-electron chi connectivity index (χ0n) is 6.44. The van der Waals surface area contributed by atoms with E-state index in [9.17, 15) is 0 Å². The molecule has 0 saturated heterocycles. The first-order valence-electron chi connectivity index (χ1n) is 3.51. The maximum Gasteiger partial charge on any atom is 0.273 e. The molecule has 1 aromatic heterocycles. The number of hydrogen-bond acceptors (Lipinski definition) is 1. The van der Waals surface area contributed by atoms with Gasteiger partial charge in [-0.15, -0.1) is 0 Å². The monoisotopic (exact) mass is 137 g/mol. The molecule has 0 amide bonds. The summed E-state index contributed by atoms with van der Waals surface area (Å²) in [6.45, 7) is 4.09. The quantitative estimate of drug-likeness (QED) is 0.615. The number of aromatic amines is 1. The Kier molecular flexibility index (Phi) is 1.90. The van der Waals surface area contributed by atoms with Gasteiger partial charge in [-0.05, 0) is 25.5 Å². The zero-order chi connectivity index (χ0) is 7.56. The maximum atomic E-state index is 5.68. The summed E-state index contributed by atoms with van der Waals surface area (Å²) in [5, 5.41) is 0. The van der Waals surface area contributed by atoms with Gasteiger partial charge in [-0.2, -0.15) is 0 Å². The number of nitrogens with one attached hydrogen (secondary N) is 1. The summed E-state index contributed by atoms with van der Waals surface area (Å²) in [5.41, 5.74) is 7.97. The number of rotatable bonds is 1. The summed E-state index contributed by atoms with van der Waals surface area (Å²) in [5.74, 6) is 0.794. The minimum atomic E-state index is 0.794. The minimum Gasteiger partial charge on any atom is -0.287 e. The van der Waals surface area contributed by atoms with Crippen LogP contribution in [0.25, 0.3) is 0 Å². The molecule has 0 saturated carbocycles. The van der Waals surface area contributed by atoms with Gasteiger partial charge in [0.05, 0.1) is 5.69 Å². The minimum absolute atomic E-state index is 0.794. The van der Waals surface area contributed by atoms with Crippen LogP contribution in [0.1, 0.15) is 18.2 Å². The van der Waals surface area contributed by atoms with Gasteiger partial charge in [0.15, 0.2) is 0 Å². The molecule has 0 aliphatic rings. The Labute approximate surface area is 61.1 Å². The number of nitrogens with two attached hydrogens (primary N) is 1. The molecule has 0 radical (unpaired) electrons. The fraction of sp³-hybridized carbons (Fsp3) is 0.375. The van der Waals surface area contributed by atoms with Crippen molar-refractivity contribution in [3.63, 3.8) is 0 Å². The van der Waals surface area contributed by atoms with Gasteiger partial charge in [-0.1, -0.05) is 6.92 Å². The lowest BCUT2D eigenvalue weighted by Gasteiger charge is -1.95. The summed E-state index contributed by atoms with van der Waals surface area (Å²) in [4.78, 5) is 3.07. The van der Waals surface area contributed by atoms with Crippen molar-refractivity contribution in [3.8, 4) is 0 Å². The van der Waals surface area contributed by atoms with E-state index >= 15 is 0 Å². The van der Waals surface area contributed by atoms with Crippen LogP contribution in [-0.4, -0.2) is 0 Å². The first-order valence-corrected chi connectivity index (χ1v) is 3.51. The average molecular weight is 137 g/mol. The van der Waals surface area contributed by atoms with Crippen LogP contribution < -0.4 is 10.7 Å². The third-order valence-corrected chi connectivity index (χ3v) is 1.59. The van der Waals surface area contributed by atoms with Gasteiger partial charge in [0.25, 0.3) is 5.82 Å². The second kappa shape index (κ2) is 2.69. The number of hydrogen-bond donors (Lipinski definition) is 1. The first kappa shape index (κ1) is 7.06. The fourth-order valence-corrected chi connectivity index (χ4v) is 0.958. The largest absolute Gasteiger partial charge is 0.287 e. The lowest BCUT2D eigenvalue weighted by Crippen LogP contribution is -2.15.